The molecule has 0 saturated carbocycles. The zero-order chi connectivity index (χ0) is 14.4. The number of hydrogen-bond acceptors (Lipinski definition) is 4. The minimum atomic E-state index is 0.177. The third-order valence-corrected chi connectivity index (χ3v) is 4.34. The number of hydrogen-bond donors (Lipinski definition) is 2. The third kappa shape index (κ3) is 1.88. The van der Waals surface area contributed by atoms with Gasteiger partial charge in [-0.15, -0.1) is 0 Å². The molecular weight excluding hydrogens is 262 g/mol. The molecule has 2 N–H and O–H groups in total. The van der Waals surface area contributed by atoms with Crippen LogP contribution in [0.25, 0.3) is 11.0 Å². The van der Waals surface area contributed by atoms with Crippen molar-refractivity contribution in [3.05, 3.63) is 47.9 Å². The fourth-order valence-electron chi connectivity index (χ4n) is 3.32. The molecule has 2 heterocycles. The predicted molar refractivity (Wildman–Crippen MR) is 82.1 cm³/mol. The summed E-state index contributed by atoms with van der Waals surface area (Å²) >= 11 is 0. The maximum atomic E-state index is 4.38. The normalized spacial score (nSPS) is 19.6. The zero-order valence-corrected chi connectivity index (χ0v) is 12.1. The molecule has 1 aliphatic carbocycles. The molecule has 3 aromatic rings. The van der Waals surface area contributed by atoms with Crippen LogP contribution in [0.1, 0.15) is 37.4 Å². The van der Waals surface area contributed by atoms with Crippen molar-refractivity contribution < 1.29 is 0 Å². The van der Waals surface area contributed by atoms with Crippen LogP contribution in [-0.2, 0) is 5.41 Å². The van der Waals surface area contributed by atoms with Gasteiger partial charge >= 0.3 is 0 Å². The molecule has 5 heteroatoms. The lowest BCUT2D eigenvalue weighted by Gasteiger charge is -2.19. The highest BCUT2D eigenvalue weighted by Crippen LogP contribution is 2.45. The average molecular weight is 279 g/mol. The van der Waals surface area contributed by atoms with Gasteiger partial charge in [0, 0.05) is 0 Å². The Morgan fingerprint density at radius 1 is 1.24 bits per heavy atom. The highest BCUT2D eigenvalue weighted by atomic mass is 15.2. The van der Waals surface area contributed by atoms with E-state index in [0.717, 1.165) is 23.3 Å². The van der Waals surface area contributed by atoms with Crippen molar-refractivity contribution in [3.8, 4) is 0 Å². The lowest BCUT2D eigenvalue weighted by Crippen LogP contribution is -2.15. The lowest BCUT2D eigenvalue weighted by molar-refractivity contribution is 0.493. The van der Waals surface area contributed by atoms with Crippen LogP contribution < -0.4 is 5.32 Å². The highest BCUT2D eigenvalue weighted by molar-refractivity contribution is 5.85. The van der Waals surface area contributed by atoms with E-state index >= 15 is 0 Å². The second kappa shape index (κ2) is 4.28. The number of aromatic nitrogens is 4. The summed E-state index contributed by atoms with van der Waals surface area (Å²) in [6.07, 6.45) is 4.38. The number of nitrogens with one attached hydrogen (secondary N) is 2. The molecule has 5 nitrogen and oxygen atoms in total. The Hall–Kier alpha value is -2.43. The van der Waals surface area contributed by atoms with Crippen LogP contribution in [-0.4, -0.2) is 20.2 Å². The number of anilines is 1. The molecule has 4 rings (SSSR count). The Morgan fingerprint density at radius 3 is 3.00 bits per heavy atom. The largest absolute Gasteiger partial charge is 0.363 e. The van der Waals surface area contributed by atoms with E-state index in [1.54, 1.807) is 12.5 Å². The molecule has 106 valence electrons. The van der Waals surface area contributed by atoms with Crippen molar-refractivity contribution in [2.45, 2.75) is 31.7 Å². The van der Waals surface area contributed by atoms with Crippen molar-refractivity contribution in [2.24, 2.45) is 0 Å². The maximum absolute atomic E-state index is 4.38. The van der Waals surface area contributed by atoms with Gasteiger partial charge in [-0.2, -0.15) is 5.10 Å². The van der Waals surface area contributed by atoms with Crippen LogP contribution in [0, 0.1) is 0 Å². The fraction of sp³-hybridized carbons (Fsp3) is 0.312. The average Bonchev–Trinajstić information content (AvgIpc) is 3.04. The fourth-order valence-corrected chi connectivity index (χ4v) is 3.32. The van der Waals surface area contributed by atoms with Crippen LogP contribution in [0.4, 0.5) is 5.82 Å². The smallest absolute Gasteiger partial charge is 0.160 e. The van der Waals surface area contributed by atoms with Gasteiger partial charge < -0.3 is 5.32 Å². The summed E-state index contributed by atoms with van der Waals surface area (Å²) in [7, 11) is 0. The number of benzene rings is 1. The van der Waals surface area contributed by atoms with Crippen LogP contribution in [0.3, 0.4) is 0 Å². The first-order valence-corrected chi connectivity index (χ1v) is 7.15. The van der Waals surface area contributed by atoms with Crippen LogP contribution in [0.15, 0.2) is 36.8 Å². The molecule has 0 bridgehead atoms. The van der Waals surface area contributed by atoms with E-state index in [9.17, 15) is 0 Å². The summed E-state index contributed by atoms with van der Waals surface area (Å²) in [4.78, 5) is 8.56. The summed E-state index contributed by atoms with van der Waals surface area (Å²) in [5.74, 6) is 0.839. The van der Waals surface area contributed by atoms with Gasteiger partial charge in [0.25, 0.3) is 0 Å². The van der Waals surface area contributed by atoms with Crippen molar-refractivity contribution in [1.82, 2.24) is 20.2 Å². The van der Waals surface area contributed by atoms with Gasteiger partial charge in [-0.3, -0.25) is 5.10 Å². The van der Waals surface area contributed by atoms with E-state index < -0.39 is 0 Å². The van der Waals surface area contributed by atoms with E-state index in [1.165, 1.54) is 11.1 Å². The Labute approximate surface area is 122 Å². The zero-order valence-electron chi connectivity index (χ0n) is 12.1. The van der Waals surface area contributed by atoms with Crippen molar-refractivity contribution in [1.29, 1.82) is 0 Å². The highest BCUT2D eigenvalue weighted by Gasteiger charge is 2.36. The summed E-state index contributed by atoms with van der Waals surface area (Å²) in [5, 5.41) is 11.4. The monoisotopic (exact) mass is 279 g/mol. The summed E-state index contributed by atoms with van der Waals surface area (Å²) in [6, 6.07) is 8.91. The Balaban J connectivity index is 1.75. The molecule has 1 aliphatic rings. The van der Waals surface area contributed by atoms with Gasteiger partial charge in [-0.25, -0.2) is 9.97 Å². The number of rotatable bonds is 2. The van der Waals surface area contributed by atoms with Gasteiger partial charge in [0.05, 0.1) is 17.6 Å². The number of nitrogens with zero attached hydrogens (tertiary/aromatic N) is 3. The second-order valence-corrected chi connectivity index (χ2v) is 6.23. The van der Waals surface area contributed by atoms with E-state index in [0.29, 0.717) is 0 Å². The first-order chi connectivity index (χ1) is 10.1. The molecule has 0 fully saturated rings. The molecule has 1 aromatic carbocycles. The minimum Gasteiger partial charge on any atom is -0.363 e. The molecular formula is C16H17N5. The van der Waals surface area contributed by atoms with Crippen LogP contribution in [0.2, 0.25) is 0 Å². The van der Waals surface area contributed by atoms with Crippen molar-refractivity contribution >= 4 is 16.9 Å². The van der Waals surface area contributed by atoms with Crippen LogP contribution >= 0.6 is 0 Å². The molecule has 0 radical (unpaired) electrons. The lowest BCUT2D eigenvalue weighted by atomic mass is 9.86. The molecule has 21 heavy (non-hydrogen) atoms. The van der Waals surface area contributed by atoms with E-state index in [2.05, 4.69) is 63.6 Å². The molecule has 0 aliphatic heterocycles. The Morgan fingerprint density at radius 2 is 2.10 bits per heavy atom. The Bertz CT molecular complexity index is 805. The molecule has 1 atom stereocenters. The van der Waals surface area contributed by atoms with Gasteiger partial charge in [-0.1, -0.05) is 38.1 Å². The number of aromatic amines is 1. The Kier molecular flexibility index (Phi) is 2.51. The number of H-pyrrole nitrogens is 1. The summed E-state index contributed by atoms with van der Waals surface area (Å²) < 4.78 is 0. The topological polar surface area (TPSA) is 66.5 Å². The second-order valence-electron chi connectivity index (χ2n) is 6.23. The molecule has 2 aromatic heterocycles. The molecule has 1 unspecified atom stereocenters. The van der Waals surface area contributed by atoms with E-state index in [-0.39, 0.29) is 11.5 Å². The van der Waals surface area contributed by atoms with E-state index in [4.69, 9.17) is 0 Å². The molecule has 0 amide bonds. The SMILES string of the molecule is CC1(C)CC(Nc2ncnc3[nH]ncc23)c2ccccc21. The maximum Gasteiger partial charge on any atom is 0.160 e. The van der Waals surface area contributed by atoms with Gasteiger partial charge in [0.1, 0.15) is 12.1 Å². The summed E-state index contributed by atoms with van der Waals surface area (Å²) in [5.41, 5.74) is 3.72. The van der Waals surface area contributed by atoms with Crippen molar-refractivity contribution in [3.63, 3.8) is 0 Å². The van der Waals surface area contributed by atoms with Crippen LogP contribution in [0.5, 0.6) is 0 Å². The summed E-state index contributed by atoms with van der Waals surface area (Å²) in [6.45, 7) is 4.59. The standard InChI is InChI=1S/C16H17N5/c1-16(2)7-13(10-5-3-4-6-12(10)16)20-14-11-8-19-21-15(11)18-9-17-14/h3-6,8-9,13H,7H2,1-2H3,(H2,17,18,19,20,21). The number of fused-ring (bicyclic) bond motifs is 2. The first-order valence-electron chi connectivity index (χ1n) is 7.15. The van der Waals surface area contributed by atoms with Crippen molar-refractivity contribution in [2.75, 3.05) is 5.32 Å². The van der Waals surface area contributed by atoms with Gasteiger partial charge in [0.2, 0.25) is 0 Å². The van der Waals surface area contributed by atoms with Gasteiger partial charge in [-0.05, 0) is 23.0 Å². The predicted octanol–water partition coefficient (Wildman–Crippen LogP) is 3.19. The van der Waals surface area contributed by atoms with Gasteiger partial charge in [0.15, 0.2) is 5.65 Å². The first kappa shape index (κ1) is 12.3. The minimum absolute atomic E-state index is 0.177. The third-order valence-electron chi connectivity index (χ3n) is 4.34. The molecule has 0 spiro atoms. The quantitative estimate of drug-likeness (QED) is 0.756. The molecule has 0 saturated heterocycles. The van der Waals surface area contributed by atoms with E-state index in [1.807, 2.05) is 0 Å².